The zero-order chi connectivity index (χ0) is 39.3. The van der Waals surface area contributed by atoms with Crippen LogP contribution in [0.3, 0.4) is 0 Å². The lowest BCUT2D eigenvalue weighted by atomic mass is 9.95. The fourth-order valence-corrected chi connectivity index (χ4v) is 10.7. The van der Waals surface area contributed by atoms with Gasteiger partial charge in [-0.15, -0.1) is 11.3 Å². The van der Waals surface area contributed by atoms with E-state index in [0.29, 0.717) is 0 Å². The second-order valence-corrected chi connectivity index (χ2v) is 16.7. The lowest BCUT2D eigenvalue weighted by molar-refractivity contribution is 0.672. The van der Waals surface area contributed by atoms with Crippen molar-refractivity contribution in [3.63, 3.8) is 0 Å². The summed E-state index contributed by atoms with van der Waals surface area (Å²) in [5.74, 6) is 0. The van der Waals surface area contributed by atoms with Gasteiger partial charge >= 0.3 is 0 Å². The van der Waals surface area contributed by atoms with Crippen LogP contribution in [-0.2, 0) is 0 Å². The topological polar surface area (TPSA) is 29.5 Å². The summed E-state index contributed by atoms with van der Waals surface area (Å²) < 4.78 is 16.1. The molecule has 0 unspecified atom stereocenters. The Hall–Kier alpha value is -7.66. The molecular weight excluding hydrogens is 751 g/mol. The van der Waals surface area contributed by atoms with Crippen molar-refractivity contribution in [1.29, 1.82) is 0 Å². The summed E-state index contributed by atoms with van der Waals surface area (Å²) in [7, 11) is 0. The molecule has 0 spiro atoms. The molecule has 0 saturated heterocycles. The molecule has 0 bridgehead atoms. The van der Waals surface area contributed by atoms with E-state index in [-0.39, 0.29) is 0 Å². The molecule has 0 aliphatic carbocycles. The largest absolute Gasteiger partial charge is 0.455 e. The molecule has 0 fully saturated rings. The molecule has 280 valence electrons. The van der Waals surface area contributed by atoms with E-state index in [4.69, 9.17) is 8.83 Å². The molecule has 0 N–H and O–H groups in total. The van der Waals surface area contributed by atoms with Gasteiger partial charge in [-0.1, -0.05) is 140 Å². The lowest BCUT2D eigenvalue weighted by Crippen LogP contribution is -2.11. The molecule has 3 heterocycles. The van der Waals surface area contributed by atoms with Crippen LogP contribution in [0.5, 0.6) is 0 Å². The fourth-order valence-electron chi connectivity index (χ4n) is 9.51. The van der Waals surface area contributed by atoms with Crippen LogP contribution in [0.25, 0.3) is 108 Å². The lowest BCUT2D eigenvalue weighted by Gasteiger charge is -2.29. The van der Waals surface area contributed by atoms with Crippen LogP contribution in [-0.4, -0.2) is 0 Å². The molecule has 0 amide bonds. The molecule has 3 nitrogen and oxygen atoms in total. The summed E-state index contributed by atoms with van der Waals surface area (Å²) in [6, 6.07) is 72.0. The Balaban J connectivity index is 1.04. The second-order valence-electron chi connectivity index (χ2n) is 15.6. The Morgan fingerprint density at radius 3 is 1.67 bits per heavy atom. The maximum absolute atomic E-state index is 6.77. The highest BCUT2D eigenvalue weighted by atomic mass is 32.1. The maximum Gasteiger partial charge on any atom is 0.143 e. The maximum atomic E-state index is 6.77. The number of rotatable bonds is 5. The SMILES string of the molecule is c1ccc(N(c2ccc(-c3ccc4c(c3)sc3ccccc34)cc2)c2cccc3oc4c5ccccc5ccc4c23)c(-c2cccc3oc4c5ccccc5ccc4c23)c1. The Bertz CT molecular complexity index is 3850. The summed E-state index contributed by atoms with van der Waals surface area (Å²) in [4.78, 5) is 2.41. The van der Waals surface area contributed by atoms with Crippen LogP contribution in [0, 0.1) is 0 Å². The molecule has 4 heteroatoms. The summed E-state index contributed by atoms with van der Waals surface area (Å²) in [6.07, 6.45) is 0. The molecule has 0 atom stereocenters. The van der Waals surface area contributed by atoms with Crippen molar-refractivity contribution in [2.75, 3.05) is 4.90 Å². The quantitative estimate of drug-likeness (QED) is 0.174. The van der Waals surface area contributed by atoms with E-state index in [1.165, 1.54) is 31.3 Å². The zero-order valence-electron chi connectivity index (χ0n) is 32.2. The highest BCUT2D eigenvalue weighted by molar-refractivity contribution is 7.25. The number of para-hydroxylation sites is 1. The molecule has 13 rings (SSSR count). The third kappa shape index (κ3) is 4.95. The van der Waals surface area contributed by atoms with Crippen molar-refractivity contribution in [2.24, 2.45) is 0 Å². The Labute approximate surface area is 348 Å². The van der Waals surface area contributed by atoms with Gasteiger partial charge < -0.3 is 13.7 Å². The van der Waals surface area contributed by atoms with Crippen molar-refractivity contribution >= 4 is 114 Å². The molecule has 0 saturated carbocycles. The first-order valence-electron chi connectivity index (χ1n) is 20.3. The first kappa shape index (κ1) is 33.3. The van der Waals surface area contributed by atoms with Gasteiger partial charge in [-0.3, -0.25) is 0 Å². The minimum Gasteiger partial charge on any atom is -0.455 e. The molecule has 0 aliphatic rings. The molecule has 0 aliphatic heterocycles. The summed E-state index contributed by atoms with van der Waals surface area (Å²) >= 11 is 1.85. The number of nitrogens with zero attached hydrogens (tertiary/aromatic N) is 1. The highest BCUT2D eigenvalue weighted by Gasteiger charge is 2.24. The van der Waals surface area contributed by atoms with E-state index >= 15 is 0 Å². The minimum atomic E-state index is 0.851. The van der Waals surface area contributed by atoms with E-state index in [1.807, 2.05) is 11.3 Å². The van der Waals surface area contributed by atoms with Gasteiger partial charge in [0.05, 0.1) is 16.8 Å². The summed E-state index contributed by atoms with van der Waals surface area (Å²) in [5.41, 5.74) is 11.3. The van der Waals surface area contributed by atoms with Crippen LogP contribution < -0.4 is 4.90 Å². The van der Waals surface area contributed by atoms with Gasteiger partial charge in [0.15, 0.2) is 0 Å². The van der Waals surface area contributed by atoms with Crippen LogP contribution >= 0.6 is 11.3 Å². The number of fused-ring (bicyclic) bond motifs is 13. The average molecular weight is 784 g/mol. The smallest absolute Gasteiger partial charge is 0.143 e. The third-order valence-electron chi connectivity index (χ3n) is 12.3. The molecular formula is C56H33NO2S. The van der Waals surface area contributed by atoms with Crippen LogP contribution in [0.1, 0.15) is 0 Å². The van der Waals surface area contributed by atoms with Crippen molar-refractivity contribution in [1.82, 2.24) is 0 Å². The first-order chi connectivity index (χ1) is 29.7. The van der Waals surface area contributed by atoms with Crippen LogP contribution in [0.4, 0.5) is 17.1 Å². The fraction of sp³-hybridized carbons (Fsp3) is 0. The van der Waals surface area contributed by atoms with Crippen molar-refractivity contribution in [3.05, 3.63) is 200 Å². The predicted molar refractivity (Wildman–Crippen MR) is 254 cm³/mol. The number of hydrogen-bond donors (Lipinski definition) is 0. The van der Waals surface area contributed by atoms with E-state index in [9.17, 15) is 0 Å². The third-order valence-corrected chi connectivity index (χ3v) is 13.4. The van der Waals surface area contributed by atoms with Crippen molar-refractivity contribution in [2.45, 2.75) is 0 Å². The standard InChI is InChI=1S/C56H33NO2S/c1-3-13-39-35(11-1)25-31-45-53-44(17-9-20-49(53)58-55(39)45)41-15-5-7-18-47(41)57(48-19-10-21-50-54(48)46-32-26-36-12-2-4-14-40(36)56(46)59-50)38-28-23-34(24-29-38)37-27-30-43-42-16-6-8-22-51(42)60-52(43)33-37/h1-33H. The highest BCUT2D eigenvalue weighted by Crippen LogP contribution is 2.49. The Morgan fingerprint density at radius 2 is 0.900 bits per heavy atom. The van der Waals surface area contributed by atoms with E-state index < -0.39 is 0 Å². The minimum absolute atomic E-state index is 0.851. The average Bonchev–Trinajstić information content (AvgIpc) is 4.01. The predicted octanol–water partition coefficient (Wildman–Crippen LogP) is 17.0. The molecule has 3 aromatic heterocycles. The molecule has 10 aromatic carbocycles. The van der Waals surface area contributed by atoms with Gasteiger partial charge in [0, 0.05) is 58.4 Å². The monoisotopic (exact) mass is 783 g/mol. The number of hydrogen-bond acceptors (Lipinski definition) is 4. The molecule has 13 aromatic rings. The van der Waals surface area contributed by atoms with E-state index in [0.717, 1.165) is 93.6 Å². The number of thiophene rings is 1. The van der Waals surface area contributed by atoms with Crippen molar-refractivity contribution < 1.29 is 8.83 Å². The van der Waals surface area contributed by atoms with Gasteiger partial charge in [0.25, 0.3) is 0 Å². The zero-order valence-corrected chi connectivity index (χ0v) is 33.0. The Kier molecular flexibility index (Phi) is 7.18. The van der Waals surface area contributed by atoms with E-state index in [1.54, 1.807) is 0 Å². The van der Waals surface area contributed by atoms with Gasteiger partial charge in [0.2, 0.25) is 0 Å². The van der Waals surface area contributed by atoms with Crippen LogP contribution in [0.2, 0.25) is 0 Å². The summed E-state index contributed by atoms with van der Waals surface area (Å²) in [6.45, 7) is 0. The second kappa shape index (κ2) is 12.9. The number of benzene rings is 10. The first-order valence-corrected chi connectivity index (χ1v) is 21.1. The van der Waals surface area contributed by atoms with Gasteiger partial charge in [0.1, 0.15) is 22.3 Å². The normalized spacial score (nSPS) is 12.0. The van der Waals surface area contributed by atoms with Gasteiger partial charge in [-0.05, 0) is 88.1 Å². The number of anilines is 3. The van der Waals surface area contributed by atoms with Crippen LogP contribution in [0.15, 0.2) is 209 Å². The molecule has 60 heavy (non-hydrogen) atoms. The molecule has 0 radical (unpaired) electrons. The van der Waals surface area contributed by atoms with Gasteiger partial charge in [-0.2, -0.15) is 0 Å². The van der Waals surface area contributed by atoms with E-state index in [2.05, 4.69) is 205 Å². The number of furan rings is 2. The summed E-state index contributed by atoms with van der Waals surface area (Å²) in [5, 5.41) is 11.5. The van der Waals surface area contributed by atoms with Gasteiger partial charge in [-0.25, -0.2) is 0 Å². The Morgan fingerprint density at radius 1 is 0.350 bits per heavy atom. The van der Waals surface area contributed by atoms with Crippen molar-refractivity contribution in [3.8, 4) is 22.3 Å².